The van der Waals surface area contributed by atoms with Gasteiger partial charge in [-0.3, -0.25) is 0 Å². The van der Waals surface area contributed by atoms with Crippen molar-refractivity contribution in [1.29, 1.82) is 0 Å². The second-order valence-electron chi connectivity index (χ2n) is 7.13. The molecule has 1 aliphatic heterocycles. The summed E-state index contributed by atoms with van der Waals surface area (Å²) in [6.45, 7) is 3.24. The minimum Gasteiger partial charge on any atom is -0.496 e. The van der Waals surface area contributed by atoms with Crippen LogP contribution in [0.1, 0.15) is 46.5 Å². The lowest BCUT2D eigenvalue weighted by molar-refractivity contribution is -0.0168. The third kappa shape index (κ3) is 5.26. The highest BCUT2D eigenvalue weighted by molar-refractivity contribution is 5.91. The molecule has 0 saturated heterocycles. The number of aliphatic hydroxyl groups is 1. The standard InChI is InChI=1S/C22H27NO6/c1-14(6-7-15-4-3-5-21-18(15)12-28-13-29-21)23-11-19(24)16-8-9-20(27-2)17(10-16)22(25)26/h3-5,8-10,14,19,23-24H,6-7,11-13H2,1-2H3,(H,25,26). The number of hydrogen-bond donors (Lipinski definition) is 3. The SMILES string of the molecule is COc1ccc(C(O)CNC(C)CCc2cccc3c2COCO3)cc1C(=O)O. The van der Waals surface area contributed by atoms with Crippen molar-refractivity contribution in [3.8, 4) is 11.5 Å². The normalized spacial score (nSPS) is 15.1. The number of carbonyl (C=O) groups is 1. The molecule has 7 heteroatoms. The Kier molecular flexibility index (Phi) is 7.09. The summed E-state index contributed by atoms with van der Waals surface area (Å²) >= 11 is 0. The van der Waals surface area contributed by atoms with Gasteiger partial charge in [0.15, 0.2) is 6.79 Å². The highest BCUT2D eigenvalue weighted by atomic mass is 16.7. The Morgan fingerprint density at radius 3 is 2.90 bits per heavy atom. The van der Waals surface area contributed by atoms with Crippen LogP contribution in [-0.2, 0) is 17.8 Å². The van der Waals surface area contributed by atoms with Crippen LogP contribution in [-0.4, -0.2) is 42.7 Å². The molecule has 0 aliphatic carbocycles. The van der Waals surface area contributed by atoms with Crippen LogP contribution in [0.5, 0.6) is 11.5 Å². The maximum atomic E-state index is 11.3. The van der Waals surface area contributed by atoms with Crippen LogP contribution in [0.25, 0.3) is 0 Å². The van der Waals surface area contributed by atoms with E-state index in [4.69, 9.17) is 14.2 Å². The molecule has 1 heterocycles. The molecule has 7 nitrogen and oxygen atoms in total. The van der Waals surface area contributed by atoms with Crippen LogP contribution in [0.3, 0.4) is 0 Å². The first kappa shape index (κ1) is 21.1. The van der Waals surface area contributed by atoms with E-state index in [1.165, 1.54) is 18.7 Å². The topological polar surface area (TPSA) is 97.3 Å². The van der Waals surface area contributed by atoms with Gasteiger partial charge in [0.2, 0.25) is 0 Å². The molecule has 2 aromatic carbocycles. The van der Waals surface area contributed by atoms with Crippen molar-refractivity contribution in [3.05, 3.63) is 58.7 Å². The van der Waals surface area contributed by atoms with Gasteiger partial charge in [-0.25, -0.2) is 4.79 Å². The lowest BCUT2D eigenvalue weighted by Gasteiger charge is -2.22. The van der Waals surface area contributed by atoms with Crippen LogP contribution < -0.4 is 14.8 Å². The smallest absolute Gasteiger partial charge is 0.339 e. The van der Waals surface area contributed by atoms with Crippen molar-refractivity contribution in [2.24, 2.45) is 0 Å². The van der Waals surface area contributed by atoms with E-state index in [0.717, 1.165) is 24.2 Å². The molecule has 29 heavy (non-hydrogen) atoms. The van der Waals surface area contributed by atoms with Gasteiger partial charge in [-0.05, 0) is 49.1 Å². The van der Waals surface area contributed by atoms with E-state index < -0.39 is 12.1 Å². The third-order valence-electron chi connectivity index (χ3n) is 5.12. The van der Waals surface area contributed by atoms with Crippen LogP contribution >= 0.6 is 0 Å². The van der Waals surface area contributed by atoms with Crippen LogP contribution in [0.2, 0.25) is 0 Å². The Bertz CT molecular complexity index is 853. The molecule has 2 unspecified atom stereocenters. The second-order valence-corrected chi connectivity index (χ2v) is 7.13. The molecule has 2 aromatic rings. The van der Waals surface area contributed by atoms with E-state index in [9.17, 15) is 15.0 Å². The van der Waals surface area contributed by atoms with Crippen LogP contribution in [0.4, 0.5) is 0 Å². The van der Waals surface area contributed by atoms with Gasteiger partial charge in [-0.1, -0.05) is 18.2 Å². The number of aliphatic hydroxyl groups excluding tert-OH is 1. The molecule has 1 aliphatic rings. The van der Waals surface area contributed by atoms with Gasteiger partial charge in [0, 0.05) is 18.2 Å². The highest BCUT2D eigenvalue weighted by Gasteiger charge is 2.17. The van der Waals surface area contributed by atoms with Crippen molar-refractivity contribution in [1.82, 2.24) is 5.32 Å². The van der Waals surface area contributed by atoms with Gasteiger partial charge in [0.25, 0.3) is 0 Å². The average molecular weight is 401 g/mol. The number of carboxylic acid groups (broad SMARTS) is 1. The van der Waals surface area contributed by atoms with Crippen LogP contribution in [0.15, 0.2) is 36.4 Å². The fourth-order valence-corrected chi connectivity index (χ4v) is 3.40. The Balaban J connectivity index is 1.54. The van der Waals surface area contributed by atoms with Gasteiger partial charge in [-0.2, -0.15) is 0 Å². The highest BCUT2D eigenvalue weighted by Crippen LogP contribution is 2.28. The number of hydrogen-bond acceptors (Lipinski definition) is 6. The summed E-state index contributed by atoms with van der Waals surface area (Å²) in [5.74, 6) is 0.0730. The van der Waals surface area contributed by atoms with E-state index in [1.54, 1.807) is 12.1 Å². The molecule has 0 amide bonds. The second kappa shape index (κ2) is 9.73. The number of benzene rings is 2. The summed E-state index contributed by atoms with van der Waals surface area (Å²) in [4.78, 5) is 11.3. The first-order chi connectivity index (χ1) is 14.0. The first-order valence-corrected chi connectivity index (χ1v) is 9.63. The fourth-order valence-electron chi connectivity index (χ4n) is 3.40. The largest absolute Gasteiger partial charge is 0.496 e. The van der Waals surface area contributed by atoms with E-state index in [0.29, 0.717) is 25.5 Å². The summed E-state index contributed by atoms with van der Waals surface area (Å²) in [7, 11) is 1.42. The molecule has 156 valence electrons. The van der Waals surface area contributed by atoms with E-state index >= 15 is 0 Å². The average Bonchev–Trinajstić information content (AvgIpc) is 2.75. The molecule has 3 rings (SSSR count). The van der Waals surface area contributed by atoms with Crippen LogP contribution in [0, 0.1) is 0 Å². The van der Waals surface area contributed by atoms with Crippen molar-refractivity contribution in [2.75, 3.05) is 20.4 Å². The fraction of sp³-hybridized carbons (Fsp3) is 0.409. The summed E-state index contributed by atoms with van der Waals surface area (Å²) < 4.78 is 16.0. The number of carboxylic acids is 1. The molecular formula is C22H27NO6. The molecule has 2 atom stereocenters. The summed E-state index contributed by atoms with van der Waals surface area (Å²) in [6.07, 6.45) is 0.936. The van der Waals surface area contributed by atoms with E-state index in [2.05, 4.69) is 18.3 Å². The molecule has 0 aromatic heterocycles. The molecule has 0 spiro atoms. The van der Waals surface area contributed by atoms with Crippen molar-refractivity contribution in [3.63, 3.8) is 0 Å². The number of methoxy groups -OCH3 is 1. The minimum absolute atomic E-state index is 0.0374. The zero-order valence-corrected chi connectivity index (χ0v) is 16.7. The van der Waals surface area contributed by atoms with Crippen molar-refractivity contribution < 1.29 is 29.2 Å². The molecule has 0 saturated carbocycles. The van der Waals surface area contributed by atoms with Gasteiger partial charge in [0.1, 0.15) is 17.1 Å². The Morgan fingerprint density at radius 1 is 1.31 bits per heavy atom. The van der Waals surface area contributed by atoms with Gasteiger partial charge in [0.05, 0.1) is 19.8 Å². The number of fused-ring (bicyclic) bond motifs is 1. The van der Waals surface area contributed by atoms with Gasteiger partial charge >= 0.3 is 5.97 Å². The number of rotatable bonds is 9. The Hall–Kier alpha value is -2.61. The summed E-state index contributed by atoms with van der Waals surface area (Å²) in [5, 5.41) is 23.1. The summed E-state index contributed by atoms with van der Waals surface area (Å²) in [5.41, 5.74) is 2.88. The molecular weight excluding hydrogens is 374 g/mol. The predicted octanol–water partition coefficient (Wildman–Crippen LogP) is 2.90. The zero-order valence-electron chi connectivity index (χ0n) is 16.7. The molecule has 0 radical (unpaired) electrons. The lowest BCUT2D eigenvalue weighted by Crippen LogP contribution is -2.31. The number of aromatic carboxylic acids is 1. The Morgan fingerprint density at radius 2 is 2.14 bits per heavy atom. The maximum Gasteiger partial charge on any atom is 0.339 e. The number of ether oxygens (including phenoxy) is 3. The Labute approximate surface area is 170 Å². The quantitative estimate of drug-likeness (QED) is 0.594. The van der Waals surface area contributed by atoms with Gasteiger partial charge in [-0.15, -0.1) is 0 Å². The third-order valence-corrected chi connectivity index (χ3v) is 5.12. The molecule has 0 fully saturated rings. The maximum absolute atomic E-state index is 11.3. The number of aryl methyl sites for hydroxylation is 1. The zero-order chi connectivity index (χ0) is 20.8. The van der Waals surface area contributed by atoms with E-state index in [1.807, 2.05) is 12.1 Å². The van der Waals surface area contributed by atoms with Crippen molar-refractivity contribution in [2.45, 2.75) is 38.5 Å². The monoisotopic (exact) mass is 401 g/mol. The molecule has 0 bridgehead atoms. The number of nitrogens with one attached hydrogen (secondary N) is 1. The molecule has 3 N–H and O–H groups in total. The summed E-state index contributed by atoms with van der Waals surface area (Å²) in [6, 6.07) is 10.9. The van der Waals surface area contributed by atoms with E-state index in [-0.39, 0.29) is 17.4 Å². The van der Waals surface area contributed by atoms with Crippen molar-refractivity contribution >= 4 is 5.97 Å². The lowest BCUT2D eigenvalue weighted by atomic mass is 9.99. The minimum atomic E-state index is -1.09. The first-order valence-electron chi connectivity index (χ1n) is 9.63. The van der Waals surface area contributed by atoms with Gasteiger partial charge < -0.3 is 29.7 Å². The predicted molar refractivity (Wildman–Crippen MR) is 107 cm³/mol.